The summed E-state index contributed by atoms with van der Waals surface area (Å²) in [5.74, 6) is 0. The van der Waals surface area contributed by atoms with Gasteiger partial charge in [-0.05, 0) is 17.1 Å². The fourth-order valence-corrected chi connectivity index (χ4v) is 0.897. The van der Waals surface area contributed by atoms with E-state index < -0.39 is 16.0 Å². The van der Waals surface area contributed by atoms with Crippen molar-refractivity contribution >= 4 is 16.8 Å². The molecule has 0 saturated carbocycles. The summed E-state index contributed by atoms with van der Waals surface area (Å²) in [5.41, 5.74) is -0.232. The van der Waals surface area contributed by atoms with Crippen LogP contribution in [0.1, 0.15) is 0 Å². The molecule has 64 valence electrons. The molecule has 1 rings (SSSR count). The molecule has 1 aromatic heterocycles. The second-order valence-electron chi connectivity index (χ2n) is 1.85. The van der Waals surface area contributed by atoms with Gasteiger partial charge in [0, 0.05) is 6.07 Å². The van der Waals surface area contributed by atoms with Crippen molar-refractivity contribution in [2.45, 2.75) is 5.03 Å². The number of nitrogens with zero attached hydrogens (tertiary/aromatic N) is 2. The Labute approximate surface area is 69.7 Å². The lowest BCUT2D eigenvalue weighted by atomic mass is 10.4. The Balaban J connectivity index is 3.01. The molecular weight excluding hydrogens is 184 g/mol. The maximum Gasteiger partial charge on any atom is 0.287 e. The number of aromatic nitrogens is 1. The van der Waals surface area contributed by atoms with E-state index in [0.29, 0.717) is 0 Å². The van der Waals surface area contributed by atoms with Crippen LogP contribution in [0.3, 0.4) is 0 Å². The fourth-order valence-electron chi connectivity index (χ4n) is 0.579. The van der Waals surface area contributed by atoms with Crippen molar-refractivity contribution in [1.29, 1.82) is 0 Å². The van der Waals surface area contributed by atoms with Crippen molar-refractivity contribution in [3.05, 3.63) is 28.4 Å². The third-order valence-corrected chi connectivity index (χ3v) is 1.69. The molecule has 0 saturated heterocycles. The molecule has 0 amide bonds. The first-order valence-corrected chi connectivity index (χ1v) is 3.88. The van der Waals surface area contributed by atoms with Crippen molar-refractivity contribution in [2.75, 3.05) is 0 Å². The van der Waals surface area contributed by atoms with Crippen LogP contribution in [-0.4, -0.2) is 18.7 Å². The predicted molar refractivity (Wildman–Crippen MR) is 38.1 cm³/mol. The van der Waals surface area contributed by atoms with Gasteiger partial charge in [0.05, 0.1) is 4.92 Å². The predicted octanol–water partition coefficient (Wildman–Crippen LogP) is 0.228. The third kappa shape index (κ3) is 1.83. The van der Waals surface area contributed by atoms with Crippen molar-refractivity contribution in [3.63, 3.8) is 0 Å². The first kappa shape index (κ1) is 8.75. The highest BCUT2D eigenvalue weighted by Crippen LogP contribution is 2.09. The smallest absolute Gasteiger partial charge is 0.287 e. The molecule has 0 aliphatic heterocycles. The molecule has 0 radical (unpaired) electrons. The molecule has 1 heterocycles. The highest BCUT2D eigenvalue weighted by molar-refractivity contribution is 7.79. The van der Waals surface area contributed by atoms with Gasteiger partial charge in [0.15, 0.2) is 0 Å². The van der Waals surface area contributed by atoms with E-state index in [1.165, 1.54) is 0 Å². The Morgan fingerprint density at radius 2 is 2.17 bits per heavy atom. The standard InChI is InChI=1S/C5H4N2O4S/c8-7(9)4-1-2-5(6-3-4)12(10)11/h1-3H,(H,10,11)/p-1. The van der Waals surface area contributed by atoms with Crippen molar-refractivity contribution in [1.82, 2.24) is 4.98 Å². The zero-order valence-corrected chi connectivity index (χ0v) is 6.48. The summed E-state index contributed by atoms with van der Waals surface area (Å²) in [5, 5.41) is 9.89. The first-order chi connectivity index (χ1) is 5.61. The first-order valence-electron chi connectivity index (χ1n) is 2.81. The minimum Gasteiger partial charge on any atom is -0.767 e. The molecule has 1 atom stereocenters. The average Bonchev–Trinajstić information content (AvgIpc) is 2.04. The Bertz CT molecular complexity index is 290. The molecule has 0 aliphatic rings. The summed E-state index contributed by atoms with van der Waals surface area (Å²) in [6, 6.07) is 2.15. The Morgan fingerprint density at radius 3 is 2.50 bits per heavy atom. The van der Waals surface area contributed by atoms with Crippen LogP contribution in [0.2, 0.25) is 0 Å². The van der Waals surface area contributed by atoms with Crippen molar-refractivity contribution in [2.24, 2.45) is 0 Å². The van der Waals surface area contributed by atoms with Gasteiger partial charge >= 0.3 is 0 Å². The molecule has 0 aromatic carbocycles. The zero-order valence-electron chi connectivity index (χ0n) is 5.67. The molecule has 12 heavy (non-hydrogen) atoms. The summed E-state index contributed by atoms with van der Waals surface area (Å²) >= 11 is -2.43. The van der Waals surface area contributed by atoms with Crippen LogP contribution >= 0.6 is 0 Å². The van der Waals surface area contributed by atoms with Gasteiger partial charge < -0.3 is 4.55 Å². The number of pyridine rings is 1. The van der Waals surface area contributed by atoms with Crippen molar-refractivity contribution in [3.8, 4) is 0 Å². The summed E-state index contributed by atoms with van der Waals surface area (Å²) in [6.45, 7) is 0. The van der Waals surface area contributed by atoms with Gasteiger partial charge in [0.25, 0.3) is 5.69 Å². The second kappa shape index (κ2) is 3.37. The van der Waals surface area contributed by atoms with Gasteiger partial charge in [-0.2, -0.15) is 0 Å². The summed E-state index contributed by atoms with van der Waals surface area (Å²) in [7, 11) is 0. The number of hydrogen-bond acceptors (Lipinski definition) is 5. The zero-order chi connectivity index (χ0) is 9.14. The highest BCUT2D eigenvalue weighted by atomic mass is 32.2. The van der Waals surface area contributed by atoms with Gasteiger partial charge in [0.1, 0.15) is 11.2 Å². The number of hydrogen-bond donors (Lipinski definition) is 0. The molecule has 6 nitrogen and oxygen atoms in total. The lowest BCUT2D eigenvalue weighted by Gasteiger charge is -2.01. The van der Waals surface area contributed by atoms with Gasteiger partial charge in [-0.15, -0.1) is 0 Å². The van der Waals surface area contributed by atoms with E-state index in [0.717, 1.165) is 18.3 Å². The van der Waals surface area contributed by atoms with E-state index in [2.05, 4.69) is 4.98 Å². The lowest BCUT2D eigenvalue weighted by Crippen LogP contribution is -1.94. The lowest BCUT2D eigenvalue weighted by molar-refractivity contribution is -0.385. The van der Waals surface area contributed by atoms with Gasteiger partial charge in [-0.3, -0.25) is 14.3 Å². The molecule has 0 N–H and O–H groups in total. The number of nitro groups is 1. The van der Waals surface area contributed by atoms with Crippen LogP contribution in [-0.2, 0) is 11.1 Å². The van der Waals surface area contributed by atoms with Crippen LogP contribution in [0.5, 0.6) is 0 Å². The largest absolute Gasteiger partial charge is 0.767 e. The summed E-state index contributed by atoms with van der Waals surface area (Å²) in [4.78, 5) is 12.8. The summed E-state index contributed by atoms with van der Waals surface area (Å²) in [6.07, 6.45) is 0.894. The van der Waals surface area contributed by atoms with Gasteiger partial charge in [-0.1, -0.05) is 0 Å². The van der Waals surface area contributed by atoms with E-state index in [-0.39, 0.29) is 10.7 Å². The minimum absolute atomic E-state index is 0.208. The van der Waals surface area contributed by atoms with Crippen LogP contribution in [0.25, 0.3) is 0 Å². The van der Waals surface area contributed by atoms with E-state index in [1.807, 2.05) is 0 Å². The van der Waals surface area contributed by atoms with E-state index in [9.17, 15) is 18.9 Å². The monoisotopic (exact) mass is 187 g/mol. The average molecular weight is 187 g/mol. The van der Waals surface area contributed by atoms with Crippen LogP contribution in [0.15, 0.2) is 23.4 Å². The van der Waals surface area contributed by atoms with E-state index in [1.54, 1.807) is 0 Å². The summed E-state index contributed by atoms with van der Waals surface area (Å²) < 4.78 is 20.5. The molecule has 1 unspecified atom stereocenters. The molecule has 0 aliphatic carbocycles. The molecular formula is C5H3N2O4S-. The third-order valence-electron chi connectivity index (χ3n) is 1.10. The second-order valence-corrected chi connectivity index (χ2v) is 2.73. The minimum atomic E-state index is -2.43. The van der Waals surface area contributed by atoms with Gasteiger partial charge in [-0.25, -0.2) is 4.98 Å². The Kier molecular flexibility index (Phi) is 2.46. The molecule has 7 heteroatoms. The van der Waals surface area contributed by atoms with E-state index >= 15 is 0 Å². The van der Waals surface area contributed by atoms with Crippen molar-refractivity contribution < 1.29 is 13.7 Å². The fraction of sp³-hybridized carbons (Fsp3) is 0. The van der Waals surface area contributed by atoms with Crippen LogP contribution in [0, 0.1) is 10.1 Å². The number of rotatable bonds is 2. The SMILES string of the molecule is O=[N+]([O-])c1ccc(S(=O)[O-])nc1. The molecule has 1 aromatic rings. The Morgan fingerprint density at radius 1 is 1.50 bits per heavy atom. The normalized spacial score (nSPS) is 12.4. The highest BCUT2D eigenvalue weighted by Gasteiger charge is 2.04. The van der Waals surface area contributed by atoms with Crippen LogP contribution in [0.4, 0.5) is 5.69 Å². The maximum atomic E-state index is 10.2. The van der Waals surface area contributed by atoms with Gasteiger partial charge in [0.2, 0.25) is 0 Å². The van der Waals surface area contributed by atoms with E-state index in [4.69, 9.17) is 0 Å². The van der Waals surface area contributed by atoms with Crippen LogP contribution < -0.4 is 0 Å². The maximum absolute atomic E-state index is 10.2. The molecule has 0 spiro atoms. The quantitative estimate of drug-likeness (QED) is 0.375. The topological polar surface area (TPSA) is 96.2 Å². The molecule has 0 bridgehead atoms. The Hall–Kier alpha value is -1.34. The molecule has 0 fully saturated rings.